The second kappa shape index (κ2) is 3.95. The van der Waals surface area contributed by atoms with Gasteiger partial charge < -0.3 is 10.2 Å². The second-order valence-electron chi connectivity index (χ2n) is 2.66. The molecule has 1 aromatic rings. The maximum absolute atomic E-state index is 4.04. The summed E-state index contributed by atoms with van der Waals surface area (Å²) in [5.41, 5.74) is 2.26. The molecule has 0 saturated carbocycles. The topological polar surface area (TPSA) is 28.2 Å². The first-order valence-corrected chi connectivity index (χ1v) is 4.12. The van der Waals surface area contributed by atoms with Crippen LogP contribution in [0.5, 0.6) is 0 Å². The van der Waals surface area contributed by atoms with Crippen molar-refractivity contribution in [1.82, 2.24) is 4.98 Å². The molecule has 0 aliphatic heterocycles. The van der Waals surface area contributed by atoms with Crippen molar-refractivity contribution >= 4 is 11.4 Å². The summed E-state index contributed by atoms with van der Waals surface area (Å²) in [6.45, 7) is 3.12. The van der Waals surface area contributed by atoms with E-state index >= 15 is 0 Å². The molecule has 0 amide bonds. The molecule has 1 N–H and O–H groups in total. The van der Waals surface area contributed by atoms with E-state index in [1.54, 1.807) is 0 Å². The highest BCUT2D eigenvalue weighted by Gasteiger charge is 2.02. The molecule has 66 valence electrons. The fourth-order valence-corrected chi connectivity index (χ4v) is 1.08. The Balaban J connectivity index is 2.96. The molecule has 1 aromatic heterocycles. The number of rotatable bonds is 3. The van der Waals surface area contributed by atoms with Crippen LogP contribution in [0.25, 0.3) is 0 Å². The van der Waals surface area contributed by atoms with Crippen molar-refractivity contribution in [3.8, 4) is 0 Å². The van der Waals surface area contributed by atoms with E-state index in [2.05, 4.69) is 29.2 Å². The molecule has 0 saturated heterocycles. The molecule has 0 aliphatic rings. The molecule has 0 bridgehead atoms. The van der Waals surface area contributed by atoms with Crippen LogP contribution in [0.1, 0.15) is 6.92 Å². The SMILES string of the molecule is CCN(C)c1ccncc1NC. The summed E-state index contributed by atoms with van der Waals surface area (Å²) >= 11 is 0. The van der Waals surface area contributed by atoms with Gasteiger partial charge >= 0.3 is 0 Å². The van der Waals surface area contributed by atoms with Crippen molar-refractivity contribution in [2.75, 3.05) is 30.9 Å². The van der Waals surface area contributed by atoms with Gasteiger partial charge in [-0.3, -0.25) is 4.98 Å². The van der Waals surface area contributed by atoms with E-state index in [0.29, 0.717) is 0 Å². The van der Waals surface area contributed by atoms with E-state index in [9.17, 15) is 0 Å². The number of nitrogens with zero attached hydrogens (tertiary/aromatic N) is 2. The average Bonchev–Trinajstić information content (AvgIpc) is 2.16. The molecule has 3 heteroatoms. The first kappa shape index (κ1) is 8.84. The van der Waals surface area contributed by atoms with Gasteiger partial charge in [0.2, 0.25) is 0 Å². The Morgan fingerprint density at radius 3 is 2.92 bits per heavy atom. The molecule has 0 atom stereocenters. The summed E-state index contributed by atoms with van der Waals surface area (Å²) in [7, 11) is 3.97. The van der Waals surface area contributed by atoms with E-state index < -0.39 is 0 Å². The molecule has 0 aliphatic carbocycles. The fourth-order valence-electron chi connectivity index (χ4n) is 1.08. The number of pyridine rings is 1. The third kappa shape index (κ3) is 1.67. The molecule has 0 aromatic carbocycles. The third-order valence-corrected chi connectivity index (χ3v) is 1.95. The largest absolute Gasteiger partial charge is 0.385 e. The summed E-state index contributed by atoms with van der Waals surface area (Å²) in [4.78, 5) is 6.22. The number of anilines is 2. The normalized spacial score (nSPS) is 9.58. The summed E-state index contributed by atoms with van der Waals surface area (Å²) in [5.74, 6) is 0. The lowest BCUT2D eigenvalue weighted by Gasteiger charge is -2.19. The van der Waals surface area contributed by atoms with Crippen LogP contribution in [-0.4, -0.2) is 25.6 Å². The molecule has 0 fully saturated rings. The minimum Gasteiger partial charge on any atom is -0.385 e. The van der Waals surface area contributed by atoms with Crippen molar-refractivity contribution in [3.05, 3.63) is 18.5 Å². The monoisotopic (exact) mass is 165 g/mol. The highest BCUT2D eigenvalue weighted by Crippen LogP contribution is 2.21. The highest BCUT2D eigenvalue weighted by molar-refractivity contribution is 5.67. The van der Waals surface area contributed by atoms with Crippen LogP contribution < -0.4 is 10.2 Å². The Bertz CT molecular complexity index is 247. The molecule has 3 nitrogen and oxygen atoms in total. The van der Waals surface area contributed by atoms with E-state index in [4.69, 9.17) is 0 Å². The minimum atomic E-state index is 0.999. The standard InChI is InChI=1S/C9H15N3/c1-4-12(3)9-5-6-11-7-8(9)10-2/h5-7,10H,4H2,1-3H3. The van der Waals surface area contributed by atoms with E-state index in [1.165, 1.54) is 5.69 Å². The van der Waals surface area contributed by atoms with Gasteiger partial charge in [-0.25, -0.2) is 0 Å². The first-order valence-electron chi connectivity index (χ1n) is 4.12. The zero-order chi connectivity index (χ0) is 8.97. The van der Waals surface area contributed by atoms with Crippen LogP contribution >= 0.6 is 0 Å². The maximum atomic E-state index is 4.04. The van der Waals surface area contributed by atoms with Gasteiger partial charge in [-0.2, -0.15) is 0 Å². The number of hydrogen-bond donors (Lipinski definition) is 1. The van der Waals surface area contributed by atoms with Crippen molar-refractivity contribution in [1.29, 1.82) is 0 Å². The smallest absolute Gasteiger partial charge is 0.0761 e. The Morgan fingerprint density at radius 1 is 1.58 bits per heavy atom. The predicted octanol–water partition coefficient (Wildman–Crippen LogP) is 1.58. The van der Waals surface area contributed by atoms with Gasteiger partial charge in [-0.15, -0.1) is 0 Å². The van der Waals surface area contributed by atoms with Crippen LogP contribution in [0.15, 0.2) is 18.5 Å². The van der Waals surface area contributed by atoms with E-state index in [1.807, 2.05) is 25.5 Å². The maximum Gasteiger partial charge on any atom is 0.0761 e. The number of aromatic nitrogens is 1. The van der Waals surface area contributed by atoms with Crippen LogP contribution in [0.2, 0.25) is 0 Å². The zero-order valence-corrected chi connectivity index (χ0v) is 7.83. The fraction of sp³-hybridized carbons (Fsp3) is 0.444. The third-order valence-electron chi connectivity index (χ3n) is 1.95. The highest BCUT2D eigenvalue weighted by atomic mass is 15.1. The average molecular weight is 165 g/mol. The van der Waals surface area contributed by atoms with E-state index in [0.717, 1.165) is 12.2 Å². The molecule has 1 rings (SSSR count). The summed E-state index contributed by atoms with van der Waals surface area (Å²) in [6.07, 6.45) is 3.64. The van der Waals surface area contributed by atoms with E-state index in [-0.39, 0.29) is 0 Å². The van der Waals surface area contributed by atoms with Crippen LogP contribution in [-0.2, 0) is 0 Å². The zero-order valence-electron chi connectivity index (χ0n) is 7.83. The molecule has 0 radical (unpaired) electrons. The molecule has 12 heavy (non-hydrogen) atoms. The van der Waals surface area contributed by atoms with Gasteiger partial charge in [0.25, 0.3) is 0 Å². The summed E-state index contributed by atoms with van der Waals surface area (Å²) in [5, 5.41) is 3.11. The van der Waals surface area contributed by atoms with Crippen LogP contribution in [0.3, 0.4) is 0 Å². The molecule has 0 unspecified atom stereocenters. The van der Waals surface area contributed by atoms with Gasteiger partial charge in [-0.1, -0.05) is 0 Å². The van der Waals surface area contributed by atoms with Crippen LogP contribution in [0, 0.1) is 0 Å². The molecule has 1 heterocycles. The van der Waals surface area contributed by atoms with Crippen molar-refractivity contribution in [2.45, 2.75) is 6.92 Å². The van der Waals surface area contributed by atoms with Crippen molar-refractivity contribution < 1.29 is 0 Å². The van der Waals surface area contributed by atoms with Gasteiger partial charge in [0.05, 0.1) is 17.6 Å². The number of hydrogen-bond acceptors (Lipinski definition) is 3. The number of nitrogens with one attached hydrogen (secondary N) is 1. The minimum absolute atomic E-state index is 0.999. The quantitative estimate of drug-likeness (QED) is 0.737. The van der Waals surface area contributed by atoms with Gasteiger partial charge in [-0.05, 0) is 13.0 Å². The van der Waals surface area contributed by atoms with Crippen LogP contribution in [0.4, 0.5) is 11.4 Å². The lowest BCUT2D eigenvalue weighted by atomic mass is 10.3. The Kier molecular flexibility index (Phi) is 2.91. The lowest BCUT2D eigenvalue weighted by Crippen LogP contribution is -2.17. The predicted molar refractivity (Wildman–Crippen MR) is 52.7 cm³/mol. The molecule has 0 spiro atoms. The van der Waals surface area contributed by atoms with Crippen molar-refractivity contribution in [3.63, 3.8) is 0 Å². The molecular formula is C9H15N3. The summed E-state index contributed by atoms with van der Waals surface area (Å²) in [6, 6.07) is 2.01. The first-order chi connectivity index (χ1) is 5.79. The van der Waals surface area contributed by atoms with Gasteiger partial charge in [0.1, 0.15) is 0 Å². The van der Waals surface area contributed by atoms with Gasteiger partial charge in [0.15, 0.2) is 0 Å². The van der Waals surface area contributed by atoms with Gasteiger partial charge in [0, 0.05) is 26.8 Å². The summed E-state index contributed by atoms with van der Waals surface area (Å²) < 4.78 is 0. The Hall–Kier alpha value is -1.25. The Morgan fingerprint density at radius 2 is 2.33 bits per heavy atom. The lowest BCUT2D eigenvalue weighted by molar-refractivity contribution is 0.965. The second-order valence-corrected chi connectivity index (χ2v) is 2.66. The molecular weight excluding hydrogens is 150 g/mol. The Labute approximate surface area is 73.4 Å². The van der Waals surface area contributed by atoms with Crippen molar-refractivity contribution in [2.24, 2.45) is 0 Å².